The van der Waals surface area contributed by atoms with Gasteiger partial charge >= 0.3 is 0 Å². The lowest BCUT2D eigenvalue weighted by molar-refractivity contribution is 1.22. The van der Waals surface area contributed by atoms with Gasteiger partial charge in [-0.3, -0.25) is 0 Å². The Morgan fingerprint density at radius 1 is 0.895 bits per heavy atom. The molecule has 0 aliphatic carbocycles. The van der Waals surface area contributed by atoms with Gasteiger partial charge in [-0.2, -0.15) is 0 Å². The lowest BCUT2D eigenvalue weighted by Gasteiger charge is -2.07. The van der Waals surface area contributed by atoms with E-state index in [1.54, 1.807) is 0 Å². The van der Waals surface area contributed by atoms with Gasteiger partial charge in [-0.1, -0.05) is 53.6 Å². The molecule has 2 aromatic carbocycles. The van der Waals surface area contributed by atoms with Gasteiger partial charge in [0, 0.05) is 10.9 Å². The summed E-state index contributed by atoms with van der Waals surface area (Å²) < 4.78 is 0. The van der Waals surface area contributed by atoms with E-state index in [0.29, 0.717) is 11.0 Å². The number of halogens is 1. The molecule has 0 saturated heterocycles. The number of fused-ring (bicyclic) bond motifs is 1. The van der Waals surface area contributed by atoms with Crippen LogP contribution in [-0.2, 0) is 0 Å². The van der Waals surface area contributed by atoms with E-state index >= 15 is 0 Å². The molecule has 3 heteroatoms. The average Bonchev–Trinajstić information content (AvgIpc) is 2.39. The molecule has 0 aliphatic heterocycles. The van der Waals surface area contributed by atoms with Crippen molar-refractivity contribution in [3.8, 4) is 11.4 Å². The van der Waals surface area contributed by atoms with Crippen LogP contribution in [0.3, 0.4) is 0 Å². The quantitative estimate of drug-likeness (QED) is 0.604. The third-order valence-electron chi connectivity index (χ3n) is 3.20. The Hall–Kier alpha value is -1.93. The Bertz CT molecular complexity index is 749. The van der Waals surface area contributed by atoms with Crippen molar-refractivity contribution in [3.05, 3.63) is 58.7 Å². The predicted molar refractivity (Wildman–Crippen MR) is 79.5 cm³/mol. The molecule has 0 radical (unpaired) electrons. The van der Waals surface area contributed by atoms with Gasteiger partial charge in [0.25, 0.3) is 0 Å². The van der Waals surface area contributed by atoms with Crippen molar-refractivity contribution in [2.24, 2.45) is 0 Å². The third kappa shape index (κ3) is 2.20. The fraction of sp³-hybridized carbons (Fsp3) is 0.125. The highest BCUT2D eigenvalue weighted by atomic mass is 35.5. The molecule has 0 fully saturated rings. The maximum atomic E-state index is 6.30. The Kier molecular flexibility index (Phi) is 2.96. The van der Waals surface area contributed by atoms with Gasteiger partial charge in [0.2, 0.25) is 0 Å². The molecule has 1 aromatic heterocycles. The topological polar surface area (TPSA) is 25.8 Å². The minimum atomic E-state index is 0.513. The Morgan fingerprint density at radius 2 is 1.63 bits per heavy atom. The minimum absolute atomic E-state index is 0.513. The van der Waals surface area contributed by atoms with Gasteiger partial charge < -0.3 is 0 Å². The van der Waals surface area contributed by atoms with Gasteiger partial charge in [-0.15, -0.1) is 0 Å². The first kappa shape index (κ1) is 12.1. The molecule has 3 aromatic rings. The second-order valence-electron chi connectivity index (χ2n) is 4.67. The van der Waals surface area contributed by atoms with Gasteiger partial charge in [-0.05, 0) is 25.5 Å². The van der Waals surface area contributed by atoms with Gasteiger partial charge in [0.15, 0.2) is 5.82 Å². The van der Waals surface area contributed by atoms with Crippen LogP contribution >= 0.6 is 11.6 Å². The van der Waals surface area contributed by atoms with Crippen molar-refractivity contribution in [3.63, 3.8) is 0 Å². The maximum Gasteiger partial charge on any atom is 0.161 e. The van der Waals surface area contributed by atoms with Crippen LogP contribution in [-0.4, -0.2) is 9.97 Å². The van der Waals surface area contributed by atoms with E-state index in [1.807, 2.05) is 49.4 Å². The molecule has 19 heavy (non-hydrogen) atoms. The number of aryl methyl sites for hydroxylation is 2. The molecule has 0 aliphatic rings. The van der Waals surface area contributed by atoms with E-state index in [0.717, 1.165) is 22.0 Å². The second kappa shape index (κ2) is 4.63. The molecule has 0 N–H and O–H groups in total. The summed E-state index contributed by atoms with van der Waals surface area (Å²) in [4.78, 5) is 9.02. The highest BCUT2D eigenvalue weighted by Crippen LogP contribution is 2.27. The summed E-state index contributed by atoms with van der Waals surface area (Å²) >= 11 is 6.30. The van der Waals surface area contributed by atoms with E-state index in [1.165, 1.54) is 5.56 Å². The SMILES string of the molecule is Cc1ccc(-c2nc(Cl)c3c(C)cccc3n2)cc1. The Balaban J connectivity index is 2.24. The first-order valence-corrected chi connectivity index (χ1v) is 6.53. The first-order valence-electron chi connectivity index (χ1n) is 6.15. The fourth-order valence-electron chi connectivity index (χ4n) is 2.13. The molecular weight excluding hydrogens is 256 g/mol. The molecule has 94 valence electrons. The molecule has 2 nitrogen and oxygen atoms in total. The first-order chi connectivity index (χ1) is 9.15. The zero-order chi connectivity index (χ0) is 13.4. The molecule has 3 rings (SSSR count). The van der Waals surface area contributed by atoms with E-state index in [4.69, 9.17) is 11.6 Å². The van der Waals surface area contributed by atoms with Crippen LogP contribution in [0.2, 0.25) is 5.15 Å². The van der Waals surface area contributed by atoms with Gasteiger partial charge in [-0.25, -0.2) is 9.97 Å². The highest BCUT2D eigenvalue weighted by molar-refractivity contribution is 6.34. The summed E-state index contributed by atoms with van der Waals surface area (Å²) in [6.07, 6.45) is 0. The Labute approximate surface area is 117 Å². The van der Waals surface area contributed by atoms with Crippen LogP contribution in [0.4, 0.5) is 0 Å². The van der Waals surface area contributed by atoms with Crippen molar-refractivity contribution in [2.45, 2.75) is 13.8 Å². The molecule has 0 spiro atoms. The number of hydrogen-bond acceptors (Lipinski definition) is 2. The van der Waals surface area contributed by atoms with Crippen LogP contribution in [0.15, 0.2) is 42.5 Å². The van der Waals surface area contributed by atoms with Gasteiger partial charge in [0.05, 0.1) is 5.52 Å². The fourth-order valence-corrected chi connectivity index (χ4v) is 2.46. The standard InChI is InChI=1S/C16H13ClN2/c1-10-6-8-12(9-7-10)16-18-13-5-3-4-11(2)14(13)15(17)19-16/h3-9H,1-2H3. The summed E-state index contributed by atoms with van der Waals surface area (Å²) in [5.41, 5.74) is 4.18. The lowest BCUT2D eigenvalue weighted by Crippen LogP contribution is -1.93. The number of nitrogens with zero attached hydrogens (tertiary/aromatic N) is 2. The predicted octanol–water partition coefficient (Wildman–Crippen LogP) is 4.57. The third-order valence-corrected chi connectivity index (χ3v) is 3.47. The zero-order valence-electron chi connectivity index (χ0n) is 10.8. The van der Waals surface area contributed by atoms with Crippen LogP contribution in [0, 0.1) is 13.8 Å². The molecule has 0 unspecified atom stereocenters. The van der Waals surface area contributed by atoms with E-state index in [2.05, 4.69) is 16.9 Å². The van der Waals surface area contributed by atoms with Crippen LogP contribution < -0.4 is 0 Å². The van der Waals surface area contributed by atoms with E-state index in [-0.39, 0.29) is 0 Å². The van der Waals surface area contributed by atoms with Crippen molar-refractivity contribution in [1.29, 1.82) is 0 Å². The maximum absolute atomic E-state index is 6.30. The number of rotatable bonds is 1. The van der Waals surface area contributed by atoms with Gasteiger partial charge in [0.1, 0.15) is 5.15 Å². The summed E-state index contributed by atoms with van der Waals surface area (Å²) in [5.74, 6) is 0.670. The van der Waals surface area contributed by atoms with Crippen molar-refractivity contribution in [2.75, 3.05) is 0 Å². The summed E-state index contributed by atoms with van der Waals surface area (Å²) in [5, 5.41) is 1.44. The zero-order valence-corrected chi connectivity index (χ0v) is 11.6. The van der Waals surface area contributed by atoms with Crippen molar-refractivity contribution >= 4 is 22.5 Å². The Morgan fingerprint density at radius 3 is 2.37 bits per heavy atom. The van der Waals surface area contributed by atoms with Crippen LogP contribution in [0.5, 0.6) is 0 Å². The largest absolute Gasteiger partial charge is 0.228 e. The smallest absolute Gasteiger partial charge is 0.161 e. The summed E-state index contributed by atoms with van der Waals surface area (Å²) in [6, 6.07) is 14.1. The normalized spacial score (nSPS) is 10.9. The molecule has 1 heterocycles. The average molecular weight is 269 g/mol. The van der Waals surface area contributed by atoms with Crippen molar-refractivity contribution < 1.29 is 0 Å². The monoisotopic (exact) mass is 268 g/mol. The molecule has 0 atom stereocenters. The molecule has 0 saturated carbocycles. The molecule has 0 bridgehead atoms. The van der Waals surface area contributed by atoms with Crippen LogP contribution in [0.25, 0.3) is 22.3 Å². The molecular formula is C16H13ClN2. The summed E-state index contributed by atoms with van der Waals surface area (Å²) in [7, 11) is 0. The molecule has 0 amide bonds. The van der Waals surface area contributed by atoms with Crippen molar-refractivity contribution in [1.82, 2.24) is 9.97 Å². The summed E-state index contributed by atoms with van der Waals surface area (Å²) in [6.45, 7) is 4.07. The second-order valence-corrected chi connectivity index (χ2v) is 5.03. The number of hydrogen-bond donors (Lipinski definition) is 0. The van der Waals surface area contributed by atoms with E-state index in [9.17, 15) is 0 Å². The van der Waals surface area contributed by atoms with E-state index < -0.39 is 0 Å². The number of benzene rings is 2. The van der Waals surface area contributed by atoms with Crippen LogP contribution in [0.1, 0.15) is 11.1 Å². The lowest BCUT2D eigenvalue weighted by atomic mass is 10.1. The highest BCUT2D eigenvalue weighted by Gasteiger charge is 2.09. The number of aromatic nitrogens is 2. The minimum Gasteiger partial charge on any atom is -0.228 e.